The van der Waals surface area contributed by atoms with Crippen molar-refractivity contribution in [3.63, 3.8) is 0 Å². The van der Waals surface area contributed by atoms with Crippen LogP contribution in [-0.4, -0.2) is 17.5 Å². The molecule has 3 aromatic carbocycles. The fraction of sp³-hybridized carbons (Fsp3) is 0.231. The summed E-state index contributed by atoms with van der Waals surface area (Å²) >= 11 is 3.45. The summed E-state index contributed by atoms with van der Waals surface area (Å²) in [5.74, 6) is 1.50. The van der Waals surface area contributed by atoms with Gasteiger partial charge in [-0.15, -0.1) is 0 Å². The third-order valence-corrected chi connectivity index (χ3v) is 6.07. The lowest BCUT2D eigenvalue weighted by atomic mass is 9.98. The van der Waals surface area contributed by atoms with Gasteiger partial charge in [0.2, 0.25) is 5.89 Å². The van der Waals surface area contributed by atoms with E-state index < -0.39 is 0 Å². The third kappa shape index (κ3) is 4.70. The predicted molar refractivity (Wildman–Crippen MR) is 131 cm³/mol. The Kier molecular flexibility index (Phi) is 6.61. The summed E-state index contributed by atoms with van der Waals surface area (Å²) in [6, 6.07) is 18.9. The summed E-state index contributed by atoms with van der Waals surface area (Å²) in [7, 11) is 0. The summed E-state index contributed by atoms with van der Waals surface area (Å²) in [4.78, 5) is 17.4. The number of amides is 1. The molecule has 0 aliphatic heterocycles. The molecule has 164 valence electrons. The van der Waals surface area contributed by atoms with E-state index in [-0.39, 0.29) is 5.91 Å². The number of carbonyl (C=O) groups excluding carboxylic acids is 1. The highest BCUT2D eigenvalue weighted by atomic mass is 79.9. The molecule has 4 rings (SSSR count). The number of anilines is 1. The zero-order valence-electron chi connectivity index (χ0n) is 18.3. The molecule has 32 heavy (non-hydrogen) atoms. The molecule has 0 bridgehead atoms. The smallest absolute Gasteiger partial charge is 0.255 e. The summed E-state index contributed by atoms with van der Waals surface area (Å²) < 4.78 is 12.2. The first-order valence-electron chi connectivity index (χ1n) is 10.7. The van der Waals surface area contributed by atoms with Gasteiger partial charge in [-0.1, -0.05) is 26.0 Å². The van der Waals surface area contributed by atoms with Gasteiger partial charge in [0, 0.05) is 16.8 Å². The van der Waals surface area contributed by atoms with Gasteiger partial charge >= 0.3 is 0 Å². The second kappa shape index (κ2) is 9.57. The number of nitrogens with one attached hydrogen (secondary N) is 1. The van der Waals surface area contributed by atoms with Crippen molar-refractivity contribution in [1.82, 2.24) is 4.98 Å². The Morgan fingerprint density at radius 3 is 2.72 bits per heavy atom. The van der Waals surface area contributed by atoms with Crippen LogP contribution in [0.25, 0.3) is 22.6 Å². The van der Waals surface area contributed by atoms with Gasteiger partial charge in [-0.3, -0.25) is 4.79 Å². The van der Waals surface area contributed by atoms with Crippen LogP contribution in [0, 0.1) is 0 Å². The fourth-order valence-electron chi connectivity index (χ4n) is 3.46. The lowest BCUT2D eigenvalue weighted by Crippen LogP contribution is -2.12. The summed E-state index contributed by atoms with van der Waals surface area (Å²) in [5.41, 5.74) is 4.84. The number of hydrogen-bond donors (Lipinski definition) is 1. The molecule has 0 saturated heterocycles. The summed E-state index contributed by atoms with van der Waals surface area (Å²) in [6.07, 6.45) is 1.07. The normalized spacial score (nSPS) is 12.0. The number of fused-ring (bicyclic) bond motifs is 1. The number of aromatic nitrogens is 1. The van der Waals surface area contributed by atoms with Crippen LogP contribution >= 0.6 is 15.9 Å². The van der Waals surface area contributed by atoms with E-state index in [9.17, 15) is 4.79 Å². The van der Waals surface area contributed by atoms with Gasteiger partial charge in [0.05, 0.1) is 11.1 Å². The van der Waals surface area contributed by atoms with Crippen LogP contribution < -0.4 is 10.1 Å². The first-order chi connectivity index (χ1) is 15.5. The van der Waals surface area contributed by atoms with E-state index in [1.165, 1.54) is 5.56 Å². The highest BCUT2D eigenvalue weighted by Crippen LogP contribution is 2.30. The maximum absolute atomic E-state index is 12.7. The number of ether oxygens (including phenoxy) is 1. The van der Waals surface area contributed by atoms with Crippen molar-refractivity contribution in [3.05, 3.63) is 76.3 Å². The monoisotopic (exact) mass is 492 g/mol. The van der Waals surface area contributed by atoms with Gasteiger partial charge < -0.3 is 14.5 Å². The van der Waals surface area contributed by atoms with E-state index in [0.717, 1.165) is 27.6 Å². The van der Waals surface area contributed by atoms with E-state index in [0.29, 0.717) is 35.4 Å². The maximum atomic E-state index is 12.7. The van der Waals surface area contributed by atoms with Crippen LogP contribution in [0.2, 0.25) is 0 Å². The number of oxazole rings is 1. The molecule has 5 nitrogen and oxygen atoms in total. The molecule has 0 fully saturated rings. The number of benzene rings is 3. The molecular weight excluding hydrogens is 468 g/mol. The quantitative estimate of drug-likeness (QED) is 0.291. The van der Waals surface area contributed by atoms with Crippen molar-refractivity contribution < 1.29 is 13.9 Å². The third-order valence-electron chi connectivity index (χ3n) is 5.45. The van der Waals surface area contributed by atoms with Crippen molar-refractivity contribution in [3.8, 4) is 17.2 Å². The van der Waals surface area contributed by atoms with E-state index in [4.69, 9.17) is 9.15 Å². The van der Waals surface area contributed by atoms with Gasteiger partial charge in [-0.25, -0.2) is 4.98 Å². The van der Waals surface area contributed by atoms with Crippen LogP contribution in [0.3, 0.4) is 0 Å². The van der Waals surface area contributed by atoms with Gasteiger partial charge in [0.25, 0.3) is 5.91 Å². The van der Waals surface area contributed by atoms with Gasteiger partial charge in [-0.05, 0) is 89.3 Å². The molecule has 0 saturated carbocycles. The molecule has 0 aliphatic rings. The molecule has 0 radical (unpaired) electrons. The first-order valence-corrected chi connectivity index (χ1v) is 11.5. The second-order valence-corrected chi connectivity index (χ2v) is 8.52. The van der Waals surface area contributed by atoms with Crippen molar-refractivity contribution in [2.45, 2.75) is 33.1 Å². The Bertz CT molecular complexity index is 1270. The average Bonchev–Trinajstić information content (AvgIpc) is 3.23. The fourth-order valence-corrected chi connectivity index (χ4v) is 3.95. The minimum atomic E-state index is -0.207. The standard InChI is InChI=1S/C26H25BrN2O3/c1-4-16(3)17-9-12-24-22(15-17)29-26(32-24)19-7-6-8-20(13-19)28-25(30)18-10-11-23(31-5-2)21(27)14-18/h6-16H,4-5H2,1-3H3,(H,28,30)/t16-/m1/s1. The Hall–Kier alpha value is -3.12. The highest BCUT2D eigenvalue weighted by Gasteiger charge is 2.13. The van der Waals surface area contributed by atoms with Crippen molar-refractivity contribution >= 4 is 38.6 Å². The van der Waals surface area contributed by atoms with Crippen LogP contribution in [0.5, 0.6) is 5.75 Å². The SMILES string of the molecule is CCOc1ccc(C(=O)Nc2cccc(-c3nc4cc([C@H](C)CC)ccc4o3)c2)cc1Br. The number of carbonyl (C=O) groups is 1. The van der Waals surface area contributed by atoms with Gasteiger partial charge in [-0.2, -0.15) is 0 Å². The average molecular weight is 493 g/mol. The molecule has 1 N–H and O–H groups in total. The zero-order valence-corrected chi connectivity index (χ0v) is 19.9. The first kappa shape index (κ1) is 22.1. The Balaban J connectivity index is 1.56. The molecule has 1 amide bonds. The molecule has 1 atom stereocenters. The summed E-state index contributed by atoms with van der Waals surface area (Å²) in [5, 5.41) is 2.94. The lowest BCUT2D eigenvalue weighted by molar-refractivity contribution is 0.102. The minimum Gasteiger partial charge on any atom is -0.493 e. The molecule has 0 unspecified atom stereocenters. The molecular formula is C26H25BrN2O3. The number of rotatable bonds is 7. The Morgan fingerprint density at radius 2 is 1.97 bits per heavy atom. The largest absolute Gasteiger partial charge is 0.493 e. The molecule has 1 heterocycles. The second-order valence-electron chi connectivity index (χ2n) is 7.67. The summed E-state index contributed by atoms with van der Waals surface area (Å²) in [6.45, 7) is 6.86. The van der Waals surface area contributed by atoms with Crippen LogP contribution in [-0.2, 0) is 0 Å². The zero-order chi connectivity index (χ0) is 22.7. The van der Waals surface area contributed by atoms with Crippen molar-refractivity contribution in [2.75, 3.05) is 11.9 Å². The van der Waals surface area contributed by atoms with Crippen LogP contribution in [0.1, 0.15) is 49.0 Å². The Labute approximate surface area is 195 Å². The van der Waals surface area contributed by atoms with Crippen molar-refractivity contribution in [1.29, 1.82) is 0 Å². The molecule has 0 spiro atoms. The van der Waals surface area contributed by atoms with E-state index in [2.05, 4.69) is 52.2 Å². The van der Waals surface area contributed by atoms with E-state index >= 15 is 0 Å². The van der Waals surface area contributed by atoms with Crippen LogP contribution in [0.4, 0.5) is 5.69 Å². The molecule has 6 heteroatoms. The molecule has 1 aromatic heterocycles. The predicted octanol–water partition coefficient (Wildman–Crippen LogP) is 7.42. The minimum absolute atomic E-state index is 0.207. The van der Waals surface area contributed by atoms with Gasteiger partial charge in [0.15, 0.2) is 5.58 Å². The van der Waals surface area contributed by atoms with Gasteiger partial charge in [0.1, 0.15) is 11.3 Å². The molecule has 4 aromatic rings. The molecule has 0 aliphatic carbocycles. The topological polar surface area (TPSA) is 64.4 Å². The van der Waals surface area contributed by atoms with Crippen LogP contribution in [0.15, 0.2) is 69.6 Å². The Morgan fingerprint density at radius 1 is 1.12 bits per heavy atom. The maximum Gasteiger partial charge on any atom is 0.255 e. The number of nitrogens with zero attached hydrogens (tertiary/aromatic N) is 1. The van der Waals surface area contributed by atoms with E-state index in [1.54, 1.807) is 18.2 Å². The van der Waals surface area contributed by atoms with E-state index in [1.807, 2.05) is 37.3 Å². The van der Waals surface area contributed by atoms with Crippen molar-refractivity contribution in [2.24, 2.45) is 0 Å². The highest BCUT2D eigenvalue weighted by molar-refractivity contribution is 9.10. The number of hydrogen-bond acceptors (Lipinski definition) is 4. The lowest BCUT2D eigenvalue weighted by Gasteiger charge is -2.09. The number of halogens is 1.